The summed E-state index contributed by atoms with van der Waals surface area (Å²) >= 11 is 0. The van der Waals surface area contributed by atoms with Crippen molar-refractivity contribution < 1.29 is 13.5 Å². The highest BCUT2D eigenvalue weighted by molar-refractivity contribution is 5.34. The van der Waals surface area contributed by atoms with Crippen LogP contribution in [0, 0.1) is 12.7 Å². The van der Waals surface area contributed by atoms with Crippen molar-refractivity contribution >= 4 is 0 Å². The molecule has 0 amide bonds. The second kappa shape index (κ2) is 5.89. The maximum absolute atomic E-state index is 14.1. The third-order valence-electron chi connectivity index (χ3n) is 2.97. The predicted octanol–water partition coefficient (Wildman–Crippen LogP) is 3.43. The molecule has 1 N–H and O–H groups in total. The van der Waals surface area contributed by atoms with Gasteiger partial charge < -0.3 is 14.5 Å². The molecule has 0 fully saturated rings. The van der Waals surface area contributed by atoms with Gasteiger partial charge in [0, 0.05) is 11.6 Å². The van der Waals surface area contributed by atoms with E-state index in [0.717, 1.165) is 12.3 Å². The van der Waals surface area contributed by atoms with Gasteiger partial charge in [-0.15, -0.1) is 0 Å². The lowest BCUT2D eigenvalue weighted by Crippen LogP contribution is -2.22. The van der Waals surface area contributed by atoms with Gasteiger partial charge in [0.25, 0.3) is 0 Å². The van der Waals surface area contributed by atoms with E-state index in [2.05, 4.69) is 5.32 Å². The number of furan rings is 1. The molecule has 0 saturated carbocycles. The standard InChI is InChI=1S/C15H18FNO2/c1-4-17-15(14-8-5-10(2)19-14)12-7-6-11(18-3)9-13(12)16/h5-9,15,17H,4H2,1-3H3. The first-order valence-corrected chi connectivity index (χ1v) is 6.29. The maximum atomic E-state index is 14.1. The number of hydrogen-bond donors (Lipinski definition) is 1. The quantitative estimate of drug-likeness (QED) is 0.897. The van der Waals surface area contributed by atoms with Gasteiger partial charge in [-0.2, -0.15) is 0 Å². The summed E-state index contributed by atoms with van der Waals surface area (Å²) in [6.07, 6.45) is 0. The van der Waals surface area contributed by atoms with E-state index >= 15 is 0 Å². The Balaban J connectivity index is 2.39. The molecule has 0 spiro atoms. The third kappa shape index (κ3) is 2.96. The van der Waals surface area contributed by atoms with E-state index in [1.807, 2.05) is 26.0 Å². The number of aryl methyl sites for hydroxylation is 1. The Morgan fingerprint density at radius 1 is 1.32 bits per heavy atom. The first kappa shape index (κ1) is 13.6. The first-order chi connectivity index (χ1) is 9.15. The van der Waals surface area contributed by atoms with Crippen molar-refractivity contribution in [3.05, 3.63) is 53.2 Å². The molecule has 0 aliphatic heterocycles. The normalized spacial score (nSPS) is 12.4. The Labute approximate surface area is 112 Å². The van der Waals surface area contributed by atoms with E-state index in [1.54, 1.807) is 12.1 Å². The smallest absolute Gasteiger partial charge is 0.132 e. The highest BCUT2D eigenvalue weighted by Crippen LogP contribution is 2.28. The van der Waals surface area contributed by atoms with Gasteiger partial charge in [0.1, 0.15) is 23.1 Å². The fraction of sp³-hybridized carbons (Fsp3) is 0.333. The molecule has 102 valence electrons. The zero-order valence-electron chi connectivity index (χ0n) is 11.4. The summed E-state index contributed by atoms with van der Waals surface area (Å²) in [7, 11) is 1.52. The van der Waals surface area contributed by atoms with E-state index in [-0.39, 0.29) is 11.9 Å². The Hall–Kier alpha value is -1.81. The lowest BCUT2D eigenvalue weighted by Gasteiger charge is -2.17. The molecule has 19 heavy (non-hydrogen) atoms. The van der Waals surface area contributed by atoms with Gasteiger partial charge in [0.15, 0.2) is 0 Å². The minimum Gasteiger partial charge on any atom is -0.497 e. The molecule has 4 heteroatoms. The number of nitrogens with one attached hydrogen (secondary N) is 1. The molecule has 3 nitrogen and oxygen atoms in total. The van der Waals surface area contributed by atoms with Crippen LogP contribution in [0.25, 0.3) is 0 Å². The van der Waals surface area contributed by atoms with Crippen LogP contribution in [-0.2, 0) is 0 Å². The molecule has 1 atom stereocenters. The van der Waals surface area contributed by atoms with Crippen LogP contribution in [-0.4, -0.2) is 13.7 Å². The highest BCUT2D eigenvalue weighted by atomic mass is 19.1. The number of rotatable bonds is 5. The fourth-order valence-corrected chi connectivity index (χ4v) is 2.05. The third-order valence-corrected chi connectivity index (χ3v) is 2.97. The van der Waals surface area contributed by atoms with Crippen LogP contribution >= 0.6 is 0 Å². The second-order valence-corrected chi connectivity index (χ2v) is 4.33. The van der Waals surface area contributed by atoms with E-state index < -0.39 is 0 Å². The maximum Gasteiger partial charge on any atom is 0.132 e. The van der Waals surface area contributed by atoms with Crippen molar-refractivity contribution in [3.63, 3.8) is 0 Å². The van der Waals surface area contributed by atoms with Crippen molar-refractivity contribution in [1.82, 2.24) is 5.32 Å². The van der Waals surface area contributed by atoms with Gasteiger partial charge in [0.05, 0.1) is 13.2 Å². The molecule has 0 radical (unpaired) electrons. The number of halogens is 1. The Kier molecular flexibility index (Phi) is 4.22. The minimum absolute atomic E-state index is 0.287. The fourth-order valence-electron chi connectivity index (χ4n) is 2.05. The van der Waals surface area contributed by atoms with E-state index in [0.29, 0.717) is 17.1 Å². The van der Waals surface area contributed by atoms with Crippen LogP contribution in [0.3, 0.4) is 0 Å². The zero-order valence-corrected chi connectivity index (χ0v) is 11.4. The van der Waals surface area contributed by atoms with Gasteiger partial charge >= 0.3 is 0 Å². The van der Waals surface area contributed by atoms with E-state index in [4.69, 9.17) is 9.15 Å². The van der Waals surface area contributed by atoms with Gasteiger partial charge in [-0.05, 0) is 31.7 Å². The molecule has 0 bridgehead atoms. The summed E-state index contributed by atoms with van der Waals surface area (Å²) < 4.78 is 24.8. The Morgan fingerprint density at radius 3 is 2.63 bits per heavy atom. The second-order valence-electron chi connectivity index (χ2n) is 4.33. The molecule has 2 rings (SSSR count). The predicted molar refractivity (Wildman–Crippen MR) is 71.9 cm³/mol. The zero-order chi connectivity index (χ0) is 13.8. The summed E-state index contributed by atoms with van der Waals surface area (Å²) in [5.41, 5.74) is 0.553. The number of ether oxygens (including phenoxy) is 1. The number of benzene rings is 1. The average molecular weight is 263 g/mol. The van der Waals surface area contributed by atoms with Crippen LogP contribution in [0.1, 0.15) is 30.0 Å². The first-order valence-electron chi connectivity index (χ1n) is 6.29. The molecule has 0 aliphatic rings. The van der Waals surface area contributed by atoms with Crippen LogP contribution in [0.4, 0.5) is 4.39 Å². The van der Waals surface area contributed by atoms with E-state index in [9.17, 15) is 4.39 Å². The van der Waals surface area contributed by atoms with Crippen LogP contribution in [0.15, 0.2) is 34.7 Å². The van der Waals surface area contributed by atoms with Crippen molar-refractivity contribution in [3.8, 4) is 5.75 Å². The molecule has 1 heterocycles. The van der Waals surface area contributed by atoms with Crippen LogP contribution in [0.2, 0.25) is 0 Å². The van der Waals surface area contributed by atoms with Gasteiger partial charge in [-0.1, -0.05) is 13.0 Å². The van der Waals surface area contributed by atoms with Gasteiger partial charge in [-0.25, -0.2) is 4.39 Å². The SMILES string of the molecule is CCNC(c1ccc(C)o1)c1ccc(OC)cc1F. The molecule has 1 aromatic carbocycles. The summed E-state index contributed by atoms with van der Waals surface area (Å²) in [5.74, 6) is 1.72. The summed E-state index contributed by atoms with van der Waals surface area (Å²) in [6, 6.07) is 8.31. The molecule has 1 aromatic heterocycles. The van der Waals surface area contributed by atoms with Crippen molar-refractivity contribution in [2.24, 2.45) is 0 Å². The van der Waals surface area contributed by atoms with E-state index in [1.165, 1.54) is 13.2 Å². The van der Waals surface area contributed by atoms with Crippen LogP contribution < -0.4 is 10.1 Å². The lowest BCUT2D eigenvalue weighted by atomic mass is 10.0. The summed E-state index contributed by atoms with van der Waals surface area (Å²) in [6.45, 7) is 4.57. The van der Waals surface area contributed by atoms with Gasteiger partial charge in [-0.3, -0.25) is 0 Å². The number of hydrogen-bond acceptors (Lipinski definition) is 3. The van der Waals surface area contributed by atoms with Gasteiger partial charge in [0.2, 0.25) is 0 Å². The van der Waals surface area contributed by atoms with Crippen molar-refractivity contribution in [2.45, 2.75) is 19.9 Å². The Bertz CT molecular complexity index is 551. The lowest BCUT2D eigenvalue weighted by molar-refractivity contribution is 0.405. The molecule has 0 aliphatic carbocycles. The summed E-state index contributed by atoms with van der Waals surface area (Å²) in [5, 5.41) is 3.23. The molecule has 0 saturated heterocycles. The molecule has 2 aromatic rings. The Morgan fingerprint density at radius 2 is 2.11 bits per heavy atom. The topological polar surface area (TPSA) is 34.4 Å². The minimum atomic E-state index is -0.306. The average Bonchev–Trinajstić information content (AvgIpc) is 2.83. The molecule has 1 unspecified atom stereocenters. The van der Waals surface area contributed by atoms with Crippen LogP contribution in [0.5, 0.6) is 5.75 Å². The molecular formula is C15H18FNO2. The monoisotopic (exact) mass is 263 g/mol. The molecular weight excluding hydrogens is 245 g/mol. The highest BCUT2D eigenvalue weighted by Gasteiger charge is 2.20. The van der Waals surface area contributed by atoms with Crippen molar-refractivity contribution in [2.75, 3.05) is 13.7 Å². The largest absolute Gasteiger partial charge is 0.497 e. The summed E-state index contributed by atoms with van der Waals surface area (Å²) in [4.78, 5) is 0. The van der Waals surface area contributed by atoms with Crippen molar-refractivity contribution in [1.29, 1.82) is 0 Å². The number of methoxy groups -OCH3 is 1.